The number of ether oxygens (including phenoxy) is 1. The molecule has 118 valence electrons. The summed E-state index contributed by atoms with van der Waals surface area (Å²) < 4.78 is 5.18. The van der Waals surface area contributed by atoms with Gasteiger partial charge in [-0.2, -0.15) is 0 Å². The fourth-order valence-electron chi connectivity index (χ4n) is 2.59. The van der Waals surface area contributed by atoms with E-state index >= 15 is 0 Å². The van der Waals surface area contributed by atoms with Gasteiger partial charge in [0.25, 0.3) is 0 Å². The Balaban J connectivity index is 1.70. The van der Waals surface area contributed by atoms with Crippen LogP contribution in [0.25, 0.3) is 0 Å². The third kappa shape index (κ3) is 3.31. The summed E-state index contributed by atoms with van der Waals surface area (Å²) in [7, 11) is 1.58. The van der Waals surface area contributed by atoms with Gasteiger partial charge in [0.1, 0.15) is 5.75 Å². The first-order chi connectivity index (χ1) is 11.2. The number of hydrogen-bond donors (Lipinski definition) is 1. The second-order valence-electron chi connectivity index (χ2n) is 5.34. The predicted molar refractivity (Wildman–Crippen MR) is 86.3 cm³/mol. The van der Waals surface area contributed by atoms with E-state index in [2.05, 4.69) is 10.3 Å². The van der Waals surface area contributed by atoms with E-state index in [1.807, 2.05) is 18.2 Å². The van der Waals surface area contributed by atoms with Gasteiger partial charge in [0.05, 0.1) is 24.9 Å². The summed E-state index contributed by atoms with van der Waals surface area (Å²) >= 11 is 0. The zero-order valence-electron chi connectivity index (χ0n) is 12.7. The molecule has 3 rings (SSSR count). The molecule has 1 fully saturated rings. The fraction of sp³-hybridized carbons (Fsp3) is 0.235. The highest BCUT2D eigenvalue weighted by molar-refractivity contribution is 6.03. The lowest BCUT2D eigenvalue weighted by atomic mass is 10.1. The van der Waals surface area contributed by atoms with Crippen molar-refractivity contribution in [3.05, 3.63) is 48.8 Å². The molecule has 2 aromatic rings. The van der Waals surface area contributed by atoms with Crippen molar-refractivity contribution in [2.45, 2.75) is 6.42 Å². The third-order valence-corrected chi connectivity index (χ3v) is 3.79. The van der Waals surface area contributed by atoms with Crippen LogP contribution in [0.5, 0.6) is 5.75 Å². The Morgan fingerprint density at radius 2 is 2.22 bits per heavy atom. The molecule has 0 radical (unpaired) electrons. The number of pyridine rings is 1. The van der Waals surface area contributed by atoms with Crippen molar-refractivity contribution in [3.63, 3.8) is 0 Å². The molecule has 2 heterocycles. The van der Waals surface area contributed by atoms with E-state index in [1.165, 1.54) is 0 Å². The lowest BCUT2D eigenvalue weighted by Crippen LogP contribution is -2.28. The molecule has 0 saturated carbocycles. The molecule has 1 unspecified atom stereocenters. The van der Waals surface area contributed by atoms with Crippen LogP contribution in [-0.4, -0.2) is 30.5 Å². The van der Waals surface area contributed by atoms with Gasteiger partial charge in [-0.3, -0.25) is 14.6 Å². The number of amides is 2. The summed E-state index contributed by atoms with van der Waals surface area (Å²) in [5.74, 6) is 0.0637. The van der Waals surface area contributed by atoms with Gasteiger partial charge in [0.15, 0.2) is 0 Å². The summed E-state index contributed by atoms with van der Waals surface area (Å²) in [6, 6.07) is 10.8. The first-order valence-electron chi connectivity index (χ1n) is 7.32. The average molecular weight is 311 g/mol. The molecule has 1 aromatic heterocycles. The van der Waals surface area contributed by atoms with E-state index in [1.54, 1.807) is 42.6 Å². The normalized spacial score (nSPS) is 17.2. The van der Waals surface area contributed by atoms with Crippen LogP contribution in [0.2, 0.25) is 0 Å². The Kier molecular flexibility index (Phi) is 4.23. The molecule has 1 aromatic carbocycles. The molecule has 23 heavy (non-hydrogen) atoms. The zero-order valence-corrected chi connectivity index (χ0v) is 12.7. The van der Waals surface area contributed by atoms with Crippen LogP contribution in [0.1, 0.15) is 6.42 Å². The van der Waals surface area contributed by atoms with Crippen LogP contribution in [0.4, 0.5) is 11.4 Å². The van der Waals surface area contributed by atoms with Gasteiger partial charge in [-0.05, 0) is 24.3 Å². The van der Waals surface area contributed by atoms with Crippen molar-refractivity contribution in [1.29, 1.82) is 0 Å². The molecule has 1 aliphatic heterocycles. The van der Waals surface area contributed by atoms with Crippen LogP contribution < -0.4 is 15.0 Å². The maximum atomic E-state index is 12.3. The summed E-state index contributed by atoms with van der Waals surface area (Å²) in [4.78, 5) is 30.1. The highest BCUT2D eigenvalue weighted by Crippen LogP contribution is 2.28. The Hall–Kier alpha value is -2.89. The first kappa shape index (κ1) is 15.0. The summed E-state index contributed by atoms with van der Waals surface area (Å²) in [6.07, 6.45) is 3.41. The number of carbonyl (C=O) groups excluding carboxylic acids is 2. The fourth-order valence-corrected chi connectivity index (χ4v) is 2.59. The van der Waals surface area contributed by atoms with Crippen molar-refractivity contribution in [2.24, 2.45) is 5.92 Å². The Bertz CT molecular complexity index is 718. The van der Waals surface area contributed by atoms with Gasteiger partial charge in [0, 0.05) is 30.9 Å². The van der Waals surface area contributed by atoms with Crippen molar-refractivity contribution in [1.82, 2.24) is 4.98 Å². The smallest absolute Gasteiger partial charge is 0.229 e. The van der Waals surface area contributed by atoms with Crippen LogP contribution in [0.3, 0.4) is 0 Å². The van der Waals surface area contributed by atoms with Gasteiger partial charge >= 0.3 is 0 Å². The molecule has 0 bridgehead atoms. The maximum absolute atomic E-state index is 12.3. The maximum Gasteiger partial charge on any atom is 0.229 e. The molecule has 1 aliphatic rings. The SMILES string of the molecule is COc1cccc(N2CC(C(=O)Nc3cccnc3)CC2=O)c1. The monoisotopic (exact) mass is 311 g/mol. The van der Waals surface area contributed by atoms with Crippen LogP contribution >= 0.6 is 0 Å². The number of carbonyl (C=O) groups is 2. The van der Waals surface area contributed by atoms with Crippen molar-refractivity contribution in [3.8, 4) is 5.75 Å². The minimum absolute atomic E-state index is 0.0652. The second-order valence-corrected chi connectivity index (χ2v) is 5.34. The van der Waals surface area contributed by atoms with E-state index in [9.17, 15) is 9.59 Å². The van der Waals surface area contributed by atoms with E-state index in [-0.39, 0.29) is 24.2 Å². The summed E-state index contributed by atoms with van der Waals surface area (Å²) in [6.45, 7) is 0.359. The molecule has 6 heteroatoms. The van der Waals surface area contributed by atoms with Crippen LogP contribution in [0, 0.1) is 5.92 Å². The zero-order chi connectivity index (χ0) is 16.2. The van der Waals surface area contributed by atoms with E-state index in [0.717, 1.165) is 5.69 Å². The minimum Gasteiger partial charge on any atom is -0.497 e. The Morgan fingerprint density at radius 1 is 1.35 bits per heavy atom. The lowest BCUT2D eigenvalue weighted by molar-refractivity contribution is -0.122. The van der Waals surface area contributed by atoms with Crippen molar-refractivity contribution < 1.29 is 14.3 Å². The number of nitrogens with one attached hydrogen (secondary N) is 1. The molecule has 1 N–H and O–H groups in total. The lowest BCUT2D eigenvalue weighted by Gasteiger charge is -2.17. The highest BCUT2D eigenvalue weighted by atomic mass is 16.5. The number of anilines is 2. The number of hydrogen-bond acceptors (Lipinski definition) is 4. The number of aromatic nitrogens is 1. The van der Waals surface area contributed by atoms with Crippen molar-refractivity contribution >= 4 is 23.2 Å². The molecular weight excluding hydrogens is 294 g/mol. The van der Waals surface area contributed by atoms with Gasteiger partial charge in [-0.15, -0.1) is 0 Å². The van der Waals surface area contributed by atoms with E-state index < -0.39 is 0 Å². The Labute approximate surface area is 134 Å². The Morgan fingerprint density at radius 3 is 2.96 bits per heavy atom. The van der Waals surface area contributed by atoms with E-state index in [4.69, 9.17) is 4.74 Å². The summed E-state index contributed by atoms with van der Waals surface area (Å²) in [5.41, 5.74) is 1.37. The van der Waals surface area contributed by atoms with Gasteiger partial charge in [0.2, 0.25) is 11.8 Å². The first-order valence-corrected chi connectivity index (χ1v) is 7.32. The molecule has 1 atom stereocenters. The quantitative estimate of drug-likeness (QED) is 0.938. The third-order valence-electron chi connectivity index (χ3n) is 3.79. The second kappa shape index (κ2) is 6.48. The largest absolute Gasteiger partial charge is 0.497 e. The molecule has 2 amide bonds. The number of nitrogens with zero attached hydrogens (tertiary/aromatic N) is 2. The number of benzene rings is 1. The summed E-state index contributed by atoms with van der Waals surface area (Å²) in [5, 5.41) is 2.79. The van der Waals surface area contributed by atoms with Gasteiger partial charge < -0.3 is 15.0 Å². The molecule has 6 nitrogen and oxygen atoms in total. The van der Waals surface area contributed by atoms with Crippen molar-refractivity contribution in [2.75, 3.05) is 23.9 Å². The predicted octanol–water partition coefficient (Wildman–Crippen LogP) is 2.08. The number of methoxy groups -OCH3 is 1. The topological polar surface area (TPSA) is 71.5 Å². The van der Waals surface area contributed by atoms with E-state index in [0.29, 0.717) is 18.0 Å². The average Bonchev–Trinajstić information content (AvgIpc) is 2.98. The standard InChI is InChI=1S/C17H17N3O3/c1-23-15-6-2-5-14(9-15)20-11-12(8-16(20)21)17(22)19-13-4-3-7-18-10-13/h2-7,9-10,12H,8,11H2,1H3,(H,19,22). The minimum atomic E-state index is -0.381. The highest BCUT2D eigenvalue weighted by Gasteiger charge is 2.35. The molecular formula is C17H17N3O3. The van der Waals surface area contributed by atoms with Crippen LogP contribution in [0.15, 0.2) is 48.8 Å². The van der Waals surface area contributed by atoms with Gasteiger partial charge in [-0.1, -0.05) is 6.07 Å². The molecule has 1 saturated heterocycles. The van der Waals surface area contributed by atoms with Gasteiger partial charge in [-0.25, -0.2) is 0 Å². The van der Waals surface area contributed by atoms with Crippen LogP contribution in [-0.2, 0) is 9.59 Å². The number of rotatable bonds is 4. The molecule has 0 spiro atoms. The molecule has 0 aliphatic carbocycles.